The van der Waals surface area contributed by atoms with Crippen molar-refractivity contribution in [3.05, 3.63) is 64.5 Å². The molecule has 118 valence electrons. The van der Waals surface area contributed by atoms with Gasteiger partial charge in [0.05, 0.1) is 18.5 Å². The summed E-state index contributed by atoms with van der Waals surface area (Å²) < 4.78 is 3.74. The van der Waals surface area contributed by atoms with Gasteiger partial charge in [0.25, 0.3) is 0 Å². The molecule has 3 aromatic rings. The van der Waals surface area contributed by atoms with E-state index in [2.05, 4.69) is 39.5 Å². The number of nitrogens with zero attached hydrogens (tertiary/aromatic N) is 6. The van der Waals surface area contributed by atoms with Gasteiger partial charge in [-0.25, -0.2) is 4.68 Å². The maximum atomic E-state index is 4.64. The maximum Gasteiger partial charge on any atom is 0.151 e. The zero-order valence-electron chi connectivity index (χ0n) is 13.9. The van der Waals surface area contributed by atoms with E-state index in [1.165, 1.54) is 5.56 Å². The van der Waals surface area contributed by atoms with Gasteiger partial charge in [-0.3, -0.25) is 4.68 Å². The molecule has 0 radical (unpaired) electrons. The van der Waals surface area contributed by atoms with Crippen molar-refractivity contribution in [3.63, 3.8) is 0 Å². The van der Waals surface area contributed by atoms with Crippen LogP contribution in [0.1, 0.15) is 34.2 Å². The van der Waals surface area contributed by atoms with E-state index in [0.717, 1.165) is 35.1 Å². The zero-order chi connectivity index (χ0) is 16.4. The Bertz CT molecular complexity index is 822. The Labute approximate surface area is 135 Å². The van der Waals surface area contributed by atoms with Crippen LogP contribution in [-0.4, -0.2) is 30.9 Å². The largest absolute Gasteiger partial charge is 0.265 e. The van der Waals surface area contributed by atoms with Crippen LogP contribution in [0, 0.1) is 27.7 Å². The lowest BCUT2D eigenvalue weighted by Gasteiger charge is -2.04. The van der Waals surface area contributed by atoms with Crippen LogP contribution in [-0.2, 0) is 6.54 Å². The van der Waals surface area contributed by atoms with E-state index in [1.807, 2.05) is 49.9 Å². The Balaban J connectivity index is 1.89. The molecule has 0 bridgehead atoms. The number of rotatable bonds is 4. The molecule has 0 fully saturated rings. The second-order valence-corrected chi connectivity index (χ2v) is 5.58. The molecular weight excluding hydrogens is 288 g/mol. The molecular formula is C17H20N6. The van der Waals surface area contributed by atoms with Crippen LogP contribution < -0.4 is 0 Å². The highest BCUT2D eigenvalue weighted by Crippen LogP contribution is 2.13. The third-order valence-corrected chi connectivity index (χ3v) is 3.87. The van der Waals surface area contributed by atoms with Crippen molar-refractivity contribution in [3.8, 4) is 0 Å². The van der Waals surface area contributed by atoms with Crippen LogP contribution >= 0.6 is 0 Å². The summed E-state index contributed by atoms with van der Waals surface area (Å²) in [6.45, 7) is 8.59. The Morgan fingerprint density at radius 1 is 1.00 bits per heavy atom. The fraction of sp³-hybridized carbons (Fsp3) is 0.294. The summed E-state index contributed by atoms with van der Waals surface area (Å²) in [5.41, 5.74) is 4.32. The Hall–Kier alpha value is -2.76. The molecule has 2 heterocycles. The van der Waals surface area contributed by atoms with Gasteiger partial charge in [-0.1, -0.05) is 30.3 Å². The fourth-order valence-corrected chi connectivity index (χ4v) is 2.55. The number of benzene rings is 1. The number of hydrogen-bond acceptors (Lipinski definition) is 4. The zero-order valence-corrected chi connectivity index (χ0v) is 13.9. The highest BCUT2D eigenvalue weighted by Gasteiger charge is 2.10. The molecule has 0 saturated heterocycles. The smallest absolute Gasteiger partial charge is 0.151 e. The predicted molar refractivity (Wildman–Crippen MR) is 89.7 cm³/mol. The summed E-state index contributed by atoms with van der Waals surface area (Å²) in [7, 11) is 0. The van der Waals surface area contributed by atoms with Gasteiger partial charge in [0.15, 0.2) is 11.6 Å². The van der Waals surface area contributed by atoms with E-state index < -0.39 is 0 Å². The number of aromatic nitrogens is 5. The summed E-state index contributed by atoms with van der Waals surface area (Å²) >= 11 is 0. The monoisotopic (exact) mass is 308 g/mol. The minimum absolute atomic E-state index is 0.756. The summed E-state index contributed by atoms with van der Waals surface area (Å²) in [4.78, 5) is 0. The molecule has 0 aliphatic heterocycles. The lowest BCUT2D eigenvalue weighted by molar-refractivity contribution is 0.659. The van der Waals surface area contributed by atoms with Crippen molar-refractivity contribution < 1.29 is 0 Å². The molecule has 2 aromatic heterocycles. The van der Waals surface area contributed by atoms with E-state index in [4.69, 9.17) is 0 Å². The lowest BCUT2D eigenvalue weighted by atomic mass is 10.2. The van der Waals surface area contributed by atoms with Gasteiger partial charge >= 0.3 is 0 Å². The summed E-state index contributed by atoms with van der Waals surface area (Å²) in [6.07, 6.45) is 1.84. The van der Waals surface area contributed by atoms with Crippen LogP contribution in [0.15, 0.2) is 35.4 Å². The molecule has 6 nitrogen and oxygen atoms in total. The van der Waals surface area contributed by atoms with Crippen LogP contribution in [0.5, 0.6) is 0 Å². The van der Waals surface area contributed by atoms with Crippen molar-refractivity contribution in [2.24, 2.45) is 5.10 Å². The molecule has 0 spiro atoms. The first-order valence-corrected chi connectivity index (χ1v) is 7.57. The first kappa shape index (κ1) is 15.1. The minimum Gasteiger partial charge on any atom is -0.265 e. The van der Waals surface area contributed by atoms with Crippen molar-refractivity contribution in [2.75, 3.05) is 0 Å². The van der Waals surface area contributed by atoms with Crippen LogP contribution in [0.25, 0.3) is 0 Å². The van der Waals surface area contributed by atoms with Crippen molar-refractivity contribution in [1.82, 2.24) is 24.7 Å². The average Bonchev–Trinajstić information content (AvgIpc) is 2.99. The third kappa shape index (κ3) is 3.06. The first-order chi connectivity index (χ1) is 11.1. The summed E-state index contributed by atoms with van der Waals surface area (Å²) in [5.74, 6) is 1.54. The Kier molecular flexibility index (Phi) is 4.06. The number of hydrogen-bond donors (Lipinski definition) is 0. The molecule has 0 aliphatic carbocycles. The van der Waals surface area contributed by atoms with E-state index in [-0.39, 0.29) is 0 Å². The van der Waals surface area contributed by atoms with Gasteiger partial charge in [0.1, 0.15) is 0 Å². The Morgan fingerprint density at radius 3 is 2.30 bits per heavy atom. The van der Waals surface area contributed by atoms with E-state index >= 15 is 0 Å². The van der Waals surface area contributed by atoms with Crippen LogP contribution in [0.2, 0.25) is 0 Å². The summed E-state index contributed by atoms with van der Waals surface area (Å²) in [6, 6.07) is 10.3. The van der Waals surface area contributed by atoms with E-state index in [9.17, 15) is 0 Å². The quantitative estimate of drug-likeness (QED) is 0.696. The molecule has 1 aromatic carbocycles. The highest BCUT2D eigenvalue weighted by molar-refractivity contribution is 5.82. The molecule has 0 amide bonds. The Morgan fingerprint density at radius 2 is 1.65 bits per heavy atom. The highest BCUT2D eigenvalue weighted by atomic mass is 15.4. The van der Waals surface area contributed by atoms with Crippen molar-refractivity contribution in [2.45, 2.75) is 34.2 Å². The second kappa shape index (κ2) is 6.16. The SMILES string of the molecule is Cc1nn(Cc2ccccc2)c(C)c1C=Nn1c(C)nnc1C. The maximum absolute atomic E-state index is 4.64. The fourth-order valence-electron chi connectivity index (χ4n) is 2.55. The minimum atomic E-state index is 0.756. The molecule has 0 N–H and O–H groups in total. The molecule has 0 saturated carbocycles. The third-order valence-electron chi connectivity index (χ3n) is 3.87. The number of aryl methyl sites for hydroxylation is 3. The topological polar surface area (TPSA) is 60.9 Å². The van der Waals surface area contributed by atoms with E-state index in [1.54, 1.807) is 4.68 Å². The molecule has 23 heavy (non-hydrogen) atoms. The van der Waals surface area contributed by atoms with Gasteiger partial charge in [0.2, 0.25) is 0 Å². The summed E-state index contributed by atoms with van der Waals surface area (Å²) in [5, 5.41) is 17.2. The molecule has 6 heteroatoms. The van der Waals surface area contributed by atoms with Gasteiger partial charge in [-0.2, -0.15) is 10.2 Å². The average molecular weight is 308 g/mol. The van der Waals surface area contributed by atoms with Crippen LogP contribution in [0.4, 0.5) is 0 Å². The predicted octanol–water partition coefficient (Wildman–Crippen LogP) is 2.64. The standard InChI is InChI=1S/C17H20N6/c1-12-17(10-18-23-14(3)19-20-15(23)4)13(2)22(21-12)11-16-8-6-5-7-9-16/h5-10H,11H2,1-4H3. The van der Waals surface area contributed by atoms with Crippen molar-refractivity contribution in [1.29, 1.82) is 0 Å². The molecule has 0 aliphatic rings. The second-order valence-electron chi connectivity index (χ2n) is 5.58. The van der Waals surface area contributed by atoms with Gasteiger partial charge in [-0.15, -0.1) is 10.2 Å². The van der Waals surface area contributed by atoms with Gasteiger partial charge in [-0.05, 0) is 33.3 Å². The molecule has 3 rings (SSSR count). The van der Waals surface area contributed by atoms with E-state index in [0.29, 0.717) is 0 Å². The van der Waals surface area contributed by atoms with Gasteiger partial charge < -0.3 is 0 Å². The van der Waals surface area contributed by atoms with Crippen LogP contribution in [0.3, 0.4) is 0 Å². The molecule has 0 atom stereocenters. The van der Waals surface area contributed by atoms with Gasteiger partial charge in [0, 0.05) is 11.3 Å². The normalized spacial score (nSPS) is 11.5. The molecule has 0 unspecified atom stereocenters. The van der Waals surface area contributed by atoms with Crippen molar-refractivity contribution >= 4 is 6.21 Å². The lowest BCUT2D eigenvalue weighted by Crippen LogP contribution is -2.04. The first-order valence-electron chi connectivity index (χ1n) is 7.57.